The van der Waals surface area contributed by atoms with Crippen LogP contribution >= 0.6 is 11.8 Å². The maximum atomic E-state index is 11.6. The van der Waals surface area contributed by atoms with Gasteiger partial charge in [-0.15, -0.1) is 4.74 Å². The fourth-order valence-corrected chi connectivity index (χ4v) is 2.18. The third kappa shape index (κ3) is 4.56. The normalized spacial score (nSPS) is 12.2. The van der Waals surface area contributed by atoms with Gasteiger partial charge in [-0.2, -0.15) is 11.8 Å². The molecule has 0 radical (unpaired) electrons. The van der Waals surface area contributed by atoms with Gasteiger partial charge in [-0.05, 0) is 19.1 Å². The summed E-state index contributed by atoms with van der Waals surface area (Å²) >= 11 is 1.27. The minimum Gasteiger partial charge on any atom is -0.468 e. The molecular weight excluding hydrogens is 272 g/mol. The van der Waals surface area contributed by atoms with E-state index in [2.05, 4.69) is 4.74 Å². The zero-order chi connectivity index (χ0) is 14.4. The summed E-state index contributed by atoms with van der Waals surface area (Å²) in [5, 5.41) is 0. The molecule has 0 aromatic carbocycles. The van der Waals surface area contributed by atoms with E-state index in [0.29, 0.717) is 17.9 Å². The molecule has 0 bridgehead atoms. The Morgan fingerprint density at radius 1 is 1.58 bits per heavy atom. The minimum atomic E-state index is -0.693. The molecule has 1 atom stereocenters. The van der Waals surface area contributed by atoms with Crippen LogP contribution in [0, 0.1) is 6.92 Å². The van der Waals surface area contributed by atoms with Crippen LogP contribution in [-0.2, 0) is 9.53 Å². The largest absolute Gasteiger partial charge is 0.468 e. The summed E-state index contributed by atoms with van der Waals surface area (Å²) in [4.78, 5) is 34.0. The van der Waals surface area contributed by atoms with Gasteiger partial charge < -0.3 is 15.0 Å². The van der Waals surface area contributed by atoms with E-state index in [1.54, 1.807) is 6.92 Å². The summed E-state index contributed by atoms with van der Waals surface area (Å²) in [6.07, 6.45) is 0.400. The Kier molecular flexibility index (Phi) is 5.84. The summed E-state index contributed by atoms with van der Waals surface area (Å²) in [6.45, 7) is 1.59. The predicted octanol–water partition coefficient (Wildman–Crippen LogP) is 0.0135. The van der Waals surface area contributed by atoms with Crippen molar-refractivity contribution in [3.05, 3.63) is 22.2 Å². The number of methoxy groups -OCH3 is 1. The Morgan fingerprint density at radius 2 is 2.26 bits per heavy atom. The van der Waals surface area contributed by atoms with Crippen LogP contribution in [0.15, 0.2) is 15.4 Å². The van der Waals surface area contributed by atoms with Gasteiger partial charge in [0, 0.05) is 6.07 Å². The van der Waals surface area contributed by atoms with E-state index >= 15 is 0 Å². The molecule has 0 aliphatic carbocycles. The Hall–Kier alpha value is -1.54. The van der Waals surface area contributed by atoms with Gasteiger partial charge >= 0.3 is 5.97 Å². The number of nitrogens with two attached hydrogens (primary N) is 1. The van der Waals surface area contributed by atoms with Crippen molar-refractivity contribution in [2.75, 3.05) is 18.6 Å². The van der Waals surface area contributed by atoms with Gasteiger partial charge in [0.2, 0.25) is 0 Å². The Balaban J connectivity index is 2.34. The minimum absolute atomic E-state index is 0.0841. The Bertz CT molecular complexity index is 507. The summed E-state index contributed by atoms with van der Waals surface area (Å²) in [5.41, 5.74) is 5.06. The van der Waals surface area contributed by atoms with Crippen LogP contribution in [0.25, 0.3) is 0 Å². The number of aromatic nitrogens is 1. The molecule has 0 fully saturated rings. The van der Waals surface area contributed by atoms with Crippen LogP contribution in [-0.4, -0.2) is 41.3 Å². The summed E-state index contributed by atoms with van der Waals surface area (Å²) in [7, 11) is 1.27. The standard InChI is InChI=1S/C11H16N2O5S/c1-7-5-9(14)13(18-7)10(15)6-19-4-3-8(12)11(16)17-2/h5,8H,3-4,6,12H2,1-2H3. The van der Waals surface area contributed by atoms with Crippen LogP contribution in [0.1, 0.15) is 17.0 Å². The molecule has 106 valence electrons. The fourth-order valence-electron chi connectivity index (χ4n) is 1.32. The van der Waals surface area contributed by atoms with E-state index in [0.717, 1.165) is 4.74 Å². The van der Waals surface area contributed by atoms with Gasteiger partial charge in [-0.1, -0.05) is 0 Å². The molecular formula is C11H16N2O5S. The molecule has 0 amide bonds. The number of esters is 1. The van der Waals surface area contributed by atoms with Crippen molar-refractivity contribution in [1.29, 1.82) is 0 Å². The van der Waals surface area contributed by atoms with E-state index < -0.39 is 23.5 Å². The lowest BCUT2D eigenvalue weighted by Crippen LogP contribution is -2.32. The van der Waals surface area contributed by atoms with Crippen molar-refractivity contribution in [1.82, 2.24) is 4.74 Å². The highest BCUT2D eigenvalue weighted by Gasteiger charge is 2.15. The number of rotatable bonds is 6. The van der Waals surface area contributed by atoms with Crippen molar-refractivity contribution in [3.63, 3.8) is 0 Å². The number of aryl methyl sites for hydroxylation is 1. The third-order valence-corrected chi connectivity index (χ3v) is 3.27. The highest BCUT2D eigenvalue weighted by atomic mass is 32.2. The van der Waals surface area contributed by atoms with Crippen LogP contribution < -0.4 is 11.3 Å². The first kappa shape index (κ1) is 15.5. The van der Waals surface area contributed by atoms with Gasteiger partial charge in [0.05, 0.1) is 12.9 Å². The van der Waals surface area contributed by atoms with Crippen molar-refractivity contribution in [2.24, 2.45) is 5.73 Å². The molecule has 1 rings (SSSR count). The van der Waals surface area contributed by atoms with Crippen LogP contribution in [0.4, 0.5) is 0 Å². The number of carbonyl (C=O) groups is 2. The topological polar surface area (TPSA) is 105 Å². The smallest absolute Gasteiger partial charge is 0.322 e. The van der Waals surface area contributed by atoms with Gasteiger partial charge in [0.1, 0.15) is 11.8 Å². The first-order chi connectivity index (χ1) is 8.95. The van der Waals surface area contributed by atoms with Crippen molar-refractivity contribution < 1.29 is 18.8 Å². The first-order valence-corrected chi connectivity index (χ1v) is 6.75. The van der Waals surface area contributed by atoms with Crippen LogP contribution in [0.2, 0.25) is 0 Å². The molecule has 7 nitrogen and oxygen atoms in total. The van der Waals surface area contributed by atoms with E-state index in [1.807, 2.05) is 0 Å². The molecule has 0 saturated carbocycles. The van der Waals surface area contributed by atoms with E-state index in [1.165, 1.54) is 24.9 Å². The molecule has 1 aromatic heterocycles. The number of carbonyl (C=O) groups excluding carboxylic acids is 2. The van der Waals surface area contributed by atoms with Gasteiger partial charge in [-0.3, -0.25) is 14.4 Å². The summed E-state index contributed by atoms with van der Waals surface area (Å²) < 4.78 is 10.2. The number of ether oxygens (including phenoxy) is 1. The SMILES string of the molecule is COC(=O)C(N)CCSCC(=O)n1oc(C)cc1=O. The molecule has 19 heavy (non-hydrogen) atoms. The molecule has 0 aliphatic rings. The second-order valence-electron chi connectivity index (χ2n) is 3.84. The quantitative estimate of drug-likeness (QED) is 0.581. The summed E-state index contributed by atoms with van der Waals surface area (Å²) in [6, 6.07) is 0.552. The zero-order valence-corrected chi connectivity index (χ0v) is 11.6. The maximum absolute atomic E-state index is 11.6. The number of thioether (sulfide) groups is 1. The monoisotopic (exact) mass is 288 g/mol. The predicted molar refractivity (Wildman–Crippen MR) is 70.3 cm³/mol. The van der Waals surface area contributed by atoms with Crippen LogP contribution in [0.5, 0.6) is 0 Å². The van der Waals surface area contributed by atoms with Crippen LogP contribution in [0.3, 0.4) is 0 Å². The second kappa shape index (κ2) is 7.15. The van der Waals surface area contributed by atoms with Gasteiger partial charge in [0.25, 0.3) is 11.5 Å². The second-order valence-corrected chi connectivity index (χ2v) is 4.95. The molecule has 1 heterocycles. The van der Waals surface area contributed by atoms with Gasteiger partial charge in [0.15, 0.2) is 0 Å². The van der Waals surface area contributed by atoms with Crippen molar-refractivity contribution >= 4 is 23.6 Å². The summed E-state index contributed by atoms with van der Waals surface area (Å²) in [5.74, 6) is 0.0626. The molecule has 2 N–H and O–H groups in total. The fraction of sp³-hybridized carbons (Fsp3) is 0.545. The zero-order valence-electron chi connectivity index (χ0n) is 10.8. The van der Waals surface area contributed by atoms with E-state index in [9.17, 15) is 14.4 Å². The number of hydrogen-bond acceptors (Lipinski definition) is 7. The van der Waals surface area contributed by atoms with E-state index in [-0.39, 0.29) is 5.75 Å². The van der Waals surface area contributed by atoms with E-state index in [4.69, 9.17) is 10.3 Å². The molecule has 1 unspecified atom stereocenters. The Morgan fingerprint density at radius 3 is 2.79 bits per heavy atom. The number of nitrogens with zero attached hydrogens (tertiary/aromatic N) is 1. The molecule has 0 saturated heterocycles. The molecule has 1 aromatic rings. The Labute approximate surface area is 114 Å². The highest BCUT2D eigenvalue weighted by Crippen LogP contribution is 2.06. The lowest BCUT2D eigenvalue weighted by molar-refractivity contribution is -0.142. The first-order valence-electron chi connectivity index (χ1n) is 5.60. The van der Waals surface area contributed by atoms with Crippen molar-refractivity contribution in [3.8, 4) is 0 Å². The maximum Gasteiger partial charge on any atom is 0.322 e. The average molecular weight is 288 g/mol. The average Bonchev–Trinajstić information content (AvgIpc) is 2.72. The third-order valence-electron chi connectivity index (χ3n) is 2.29. The molecule has 8 heteroatoms. The lowest BCUT2D eigenvalue weighted by atomic mass is 10.2. The number of hydrogen-bond donors (Lipinski definition) is 1. The van der Waals surface area contributed by atoms with Gasteiger partial charge in [-0.25, -0.2) is 0 Å². The molecule has 0 aliphatic heterocycles. The molecule has 0 spiro atoms. The highest BCUT2D eigenvalue weighted by molar-refractivity contribution is 7.99. The van der Waals surface area contributed by atoms with Crippen molar-refractivity contribution in [2.45, 2.75) is 19.4 Å². The lowest BCUT2D eigenvalue weighted by Gasteiger charge is -2.07.